The fourth-order valence-corrected chi connectivity index (χ4v) is 4.13. The smallest absolute Gasteiger partial charge is 0.257 e. The first kappa shape index (κ1) is 19.4. The number of aliphatic hydroxyl groups is 1. The van der Waals surface area contributed by atoms with Gasteiger partial charge in [-0.3, -0.25) is 4.79 Å². The highest BCUT2D eigenvalue weighted by Gasteiger charge is 2.23. The fraction of sp³-hybridized carbons (Fsp3) is 0.143. The number of nitrogens with zero attached hydrogens (tertiary/aromatic N) is 1. The number of furan rings is 1. The van der Waals surface area contributed by atoms with E-state index in [0.717, 1.165) is 9.75 Å². The number of carbonyl (C=O) groups excluding carboxylic acids is 1. The average molecular weight is 429 g/mol. The van der Waals surface area contributed by atoms with E-state index in [1.54, 1.807) is 31.2 Å². The van der Waals surface area contributed by atoms with Crippen molar-refractivity contribution in [2.45, 2.75) is 19.6 Å². The molecule has 148 valence electrons. The zero-order chi connectivity index (χ0) is 20.4. The first-order valence-corrected chi connectivity index (χ1v) is 10.0. The van der Waals surface area contributed by atoms with Crippen molar-refractivity contribution in [1.29, 1.82) is 0 Å². The van der Waals surface area contributed by atoms with Crippen LogP contribution in [0.5, 0.6) is 0 Å². The van der Waals surface area contributed by atoms with Gasteiger partial charge >= 0.3 is 0 Å². The number of aryl methyl sites for hydroxylation is 1. The molecule has 2 N–H and O–H groups in total. The molecule has 0 radical (unpaired) electrons. The lowest BCUT2D eigenvalue weighted by molar-refractivity contribution is 0.0950. The predicted octanol–water partition coefficient (Wildman–Crippen LogP) is 4.97. The Hall–Kier alpha value is -2.87. The molecule has 0 aliphatic heterocycles. The van der Waals surface area contributed by atoms with Crippen LogP contribution in [0.15, 0.2) is 63.7 Å². The Morgan fingerprint density at radius 2 is 2.07 bits per heavy atom. The summed E-state index contributed by atoms with van der Waals surface area (Å²) in [5.74, 6) is 0.588. The number of halogens is 1. The predicted molar refractivity (Wildman–Crippen MR) is 110 cm³/mol. The summed E-state index contributed by atoms with van der Waals surface area (Å²) in [6, 6.07) is 14.3. The topological polar surface area (TPSA) is 88.5 Å². The minimum Gasteiger partial charge on any atom is -0.466 e. The number of benzene rings is 1. The van der Waals surface area contributed by atoms with Crippen molar-refractivity contribution in [2.75, 3.05) is 0 Å². The van der Waals surface area contributed by atoms with Crippen LogP contribution in [0.4, 0.5) is 0 Å². The molecule has 1 atom stereocenters. The van der Waals surface area contributed by atoms with Gasteiger partial charge in [0.2, 0.25) is 0 Å². The van der Waals surface area contributed by atoms with Gasteiger partial charge in [0.15, 0.2) is 0 Å². The summed E-state index contributed by atoms with van der Waals surface area (Å²) < 4.78 is 10.5. The molecule has 4 aromatic rings. The summed E-state index contributed by atoms with van der Waals surface area (Å²) in [5.41, 5.74) is 1.40. The number of carbonyl (C=O) groups is 1. The van der Waals surface area contributed by atoms with Crippen LogP contribution in [-0.4, -0.2) is 16.2 Å². The zero-order valence-corrected chi connectivity index (χ0v) is 17.0. The molecule has 29 heavy (non-hydrogen) atoms. The highest BCUT2D eigenvalue weighted by molar-refractivity contribution is 7.12. The lowest BCUT2D eigenvalue weighted by atomic mass is 10.1. The molecule has 0 bridgehead atoms. The molecule has 4 rings (SSSR count). The third-order valence-corrected chi connectivity index (χ3v) is 5.87. The molecule has 0 fully saturated rings. The Morgan fingerprint density at radius 3 is 2.83 bits per heavy atom. The molecule has 0 aliphatic carbocycles. The molecule has 3 aromatic heterocycles. The molecular weight excluding hydrogens is 412 g/mol. The van der Waals surface area contributed by atoms with Gasteiger partial charge in [-0.05, 0) is 37.3 Å². The van der Waals surface area contributed by atoms with Crippen LogP contribution in [0.3, 0.4) is 0 Å². The van der Waals surface area contributed by atoms with Crippen molar-refractivity contribution in [3.05, 3.63) is 86.7 Å². The van der Waals surface area contributed by atoms with Crippen molar-refractivity contribution in [1.82, 2.24) is 10.5 Å². The number of amides is 1. The second-order valence-corrected chi connectivity index (χ2v) is 7.95. The normalized spacial score (nSPS) is 12.1. The molecule has 1 amide bonds. The lowest BCUT2D eigenvalue weighted by Crippen LogP contribution is -2.23. The molecular formula is C21H17ClN2O4S. The first-order valence-electron chi connectivity index (χ1n) is 8.84. The van der Waals surface area contributed by atoms with Crippen molar-refractivity contribution in [3.63, 3.8) is 0 Å². The third kappa shape index (κ3) is 3.98. The zero-order valence-electron chi connectivity index (χ0n) is 15.4. The number of aromatic nitrogens is 1. The number of aliphatic hydroxyl groups excluding tert-OH is 1. The van der Waals surface area contributed by atoms with Crippen LogP contribution in [-0.2, 0) is 6.54 Å². The number of nitrogens with one attached hydrogen (secondary N) is 1. The van der Waals surface area contributed by atoms with Gasteiger partial charge in [-0.1, -0.05) is 35.0 Å². The Kier molecular flexibility index (Phi) is 5.53. The summed E-state index contributed by atoms with van der Waals surface area (Å²) in [7, 11) is 0. The maximum atomic E-state index is 12.8. The van der Waals surface area contributed by atoms with Crippen LogP contribution in [0.2, 0.25) is 5.02 Å². The van der Waals surface area contributed by atoms with Gasteiger partial charge in [-0.15, -0.1) is 11.3 Å². The summed E-state index contributed by atoms with van der Waals surface area (Å²) in [6.07, 6.45) is 0.692. The maximum Gasteiger partial charge on any atom is 0.257 e. The summed E-state index contributed by atoms with van der Waals surface area (Å²) in [5, 5.41) is 17.7. The summed E-state index contributed by atoms with van der Waals surface area (Å²) in [6.45, 7) is 1.99. The second-order valence-electron chi connectivity index (χ2n) is 6.35. The van der Waals surface area contributed by atoms with E-state index >= 15 is 0 Å². The van der Waals surface area contributed by atoms with Crippen LogP contribution >= 0.6 is 22.9 Å². The van der Waals surface area contributed by atoms with Crippen molar-refractivity contribution in [3.8, 4) is 11.3 Å². The van der Waals surface area contributed by atoms with Crippen LogP contribution < -0.4 is 5.32 Å². The Balaban J connectivity index is 1.49. The number of hydrogen-bond acceptors (Lipinski definition) is 6. The van der Waals surface area contributed by atoms with Crippen molar-refractivity contribution in [2.24, 2.45) is 0 Å². The van der Waals surface area contributed by atoms with Gasteiger partial charge in [0, 0.05) is 15.3 Å². The Morgan fingerprint density at radius 1 is 1.24 bits per heavy atom. The molecule has 1 aromatic carbocycles. The quantitative estimate of drug-likeness (QED) is 0.452. The molecule has 0 unspecified atom stereocenters. The van der Waals surface area contributed by atoms with E-state index < -0.39 is 6.10 Å². The minimum atomic E-state index is -0.827. The van der Waals surface area contributed by atoms with E-state index in [2.05, 4.69) is 10.5 Å². The number of thiophene rings is 1. The largest absolute Gasteiger partial charge is 0.466 e. The standard InChI is InChI=1S/C21H17ClN2O4S/c1-12-18(19(24-28-12)14-5-2-3-6-15(14)22)21(26)23-11-13-8-9-17(29-13)20(25)16-7-4-10-27-16/h2-10,20,25H,11H2,1H3,(H,23,26)/t20-/m1/s1. The first-order chi connectivity index (χ1) is 14.0. The van der Waals surface area contributed by atoms with E-state index in [9.17, 15) is 9.90 Å². The molecule has 3 heterocycles. The SMILES string of the molecule is Cc1onc(-c2ccccc2Cl)c1C(=O)NCc1ccc([C@H](O)c2ccco2)s1. The third-order valence-electron chi connectivity index (χ3n) is 4.41. The van der Waals surface area contributed by atoms with Gasteiger partial charge in [-0.25, -0.2) is 0 Å². The van der Waals surface area contributed by atoms with E-state index in [-0.39, 0.29) is 5.91 Å². The van der Waals surface area contributed by atoms with E-state index in [4.69, 9.17) is 20.5 Å². The highest BCUT2D eigenvalue weighted by atomic mass is 35.5. The molecule has 0 saturated carbocycles. The molecule has 0 saturated heterocycles. The van der Waals surface area contributed by atoms with Gasteiger partial charge in [0.25, 0.3) is 5.91 Å². The highest BCUT2D eigenvalue weighted by Crippen LogP contribution is 2.31. The van der Waals surface area contributed by atoms with Crippen LogP contribution in [0.1, 0.15) is 37.7 Å². The molecule has 0 aliphatic rings. The van der Waals surface area contributed by atoms with Gasteiger partial charge < -0.3 is 19.4 Å². The Bertz CT molecular complexity index is 1130. The Labute approximate surface area is 175 Å². The van der Waals surface area contributed by atoms with E-state index in [1.807, 2.05) is 24.3 Å². The summed E-state index contributed by atoms with van der Waals surface area (Å²) in [4.78, 5) is 14.5. The minimum absolute atomic E-state index is 0.305. The van der Waals surface area contributed by atoms with Gasteiger partial charge in [-0.2, -0.15) is 0 Å². The maximum absolute atomic E-state index is 12.8. The van der Waals surface area contributed by atoms with Crippen LogP contribution in [0.25, 0.3) is 11.3 Å². The average Bonchev–Trinajstić information content (AvgIpc) is 3.47. The monoisotopic (exact) mass is 428 g/mol. The van der Waals surface area contributed by atoms with Crippen molar-refractivity contribution >= 4 is 28.8 Å². The van der Waals surface area contributed by atoms with E-state index in [1.165, 1.54) is 17.6 Å². The lowest BCUT2D eigenvalue weighted by Gasteiger charge is -2.06. The molecule has 8 heteroatoms. The fourth-order valence-electron chi connectivity index (χ4n) is 2.96. The second kappa shape index (κ2) is 8.24. The summed E-state index contributed by atoms with van der Waals surface area (Å²) >= 11 is 7.65. The van der Waals surface area contributed by atoms with E-state index in [0.29, 0.717) is 39.9 Å². The van der Waals surface area contributed by atoms with Gasteiger partial charge in [0.1, 0.15) is 28.9 Å². The molecule has 6 nitrogen and oxygen atoms in total. The van der Waals surface area contributed by atoms with Crippen LogP contribution in [0, 0.1) is 6.92 Å². The number of hydrogen-bond donors (Lipinski definition) is 2. The van der Waals surface area contributed by atoms with Crippen molar-refractivity contribution < 1.29 is 18.8 Å². The molecule has 0 spiro atoms. The number of rotatable bonds is 6. The van der Waals surface area contributed by atoms with Gasteiger partial charge in [0.05, 0.1) is 17.8 Å².